The number of thioether (sulfide) groups is 1. The van der Waals surface area contributed by atoms with E-state index in [-0.39, 0.29) is 11.4 Å². The SMILES string of the molecule is N=Cc1c(O)nc(SCc2cccc(Cl)c2Cl)c2cc(F)ccc12. The molecule has 0 bridgehead atoms. The molecule has 24 heavy (non-hydrogen) atoms. The highest BCUT2D eigenvalue weighted by atomic mass is 35.5. The van der Waals surface area contributed by atoms with Crippen LogP contribution in [0.25, 0.3) is 10.8 Å². The molecule has 0 fully saturated rings. The fourth-order valence-electron chi connectivity index (χ4n) is 2.32. The number of halogens is 3. The number of aromatic nitrogens is 1. The van der Waals surface area contributed by atoms with Crippen LogP contribution in [0.3, 0.4) is 0 Å². The van der Waals surface area contributed by atoms with Crippen molar-refractivity contribution >= 4 is 52.0 Å². The molecule has 122 valence electrons. The van der Waals surface area contributed by atoms with Gasteiger partial charge in [-0.15, -0.1) is 11.8 Å². The smallest absolute Gasteiger partial charge is 0.221 e. The second kappa shape index (κ2) is 6.97. The van der Waals surface area contributed by atoms with E-state index in [2.05, 4.69) is 4.98 Å². The first-order valence-electron chi connectivity index (χ1n) is 6.89. The third kappa shape index (κ3) is 3.20. The third-order valence-corrected chi connectivity index (χ3v) is 5.39. The van der Waals surface area contributed by atoms with Gasteiger partial charge in [-0.2, -0.15) is 0 Å². The molecular formula is C17H11Cl2FN2OS. The summed E-state index contributed by atoms with van der Waals surface area (Å²) in [6.45, 7) is 0. The van der Waals surface area contributed by atoms with Crippen molar-refractivity contribution in [1.29, 1.82) is 5.41 Å². The lowest BCUT2D eigenvalue weighted by atomic mass is 10.1. The Morgan fingerprint density at radius 2 is 2.00 bits per heavy atom. The Labute approximate surface area is 151 Å². The van der Waals surface area contributed by atoms with E-state index < -0.39 is 5.82 Å². The number of aromatic hydroxyl groups is 1. The van der Waals surface area contributed by atoms with Crippen LogP contribution in [-0.4, -0.2) is 16.3 Å². The Kier molecular flexibility index (Phi) is 4.94. The zero-order valence-electron chi connectivity index (χ0n) is 12.2. The molecule has 3 nitrogen and oxygen atoms in total. The number of hydrogen-bond acceptors (Lipinski definition) is 4. The molecular weight excluding hydrogens is 370 g/mol. The Morgan fingerprint density at radius 1 is 1.21 bits per heavy atom. The summed E-state index contributed by atoms with van der Waals surface area (Å²) >= 11 is 13.5. The average Bonchev–Trinajstić information content (AvgIpc) is 2.56. The Balaban J connectivity index is 2.04. The first-order valence-corrected chi connectivity index (χ1v) is 8.64. The van der Waals surface area contributed by atoms with Gasteiger partial charge in [-0.3, -0.25) is 0 Å². The van der Waals surface area contributed by atoms with Gasteiger partial charge < -0.3 is 10.5 Å². The van der Waals surface area contributed by atoms with Crippen LogP contribution < -0.4 is 0 Å². The maximum absolute atomic E-state index is 13.6. The quantitative estimate of drug-likeness (QED) is 0.452. The maximum atomic E-state index is 13.6. The van der Waals surface area contributed by atoms with E-state index in [1.54, 1.807) is 12.1 Å². The molecule has 0 aliphatic carbocycles. The van der Waals surface area contributed by atoms with E-state index in [0.717, 1.165) is 11.8 Å². The zero-order chi connectivity index (χ0) is 17.3. The average molecular weight is 381 g/mol. The van der Waals surface area contributed by atoms with Crippen molar-refractivity contribution in [3.63, 3.8) is 0 Å². The molecule has 0 saturated carbocycles. The van der Waals surface area contributed by atoms with Crippen LogP contribution in [-0.2, 0) is 5.75 Å². The number of benzene rings is 2. The van der Waals surface area contributed by atoms with Crippen molar-refractivity contribution < 1.29 is 9.50 Å². The van der Waals surface area contributed by atoms with Crippen LogP contribution in [0.2, 0.25) is 10.0 Å². The summed E-state index contributed by atoms with van der Waals surface area (Å²) < 4.78 is 13.6. The van der Waals surface area contributed by atoms with Gasteiger partial charge in [-0.1, -0.05) is 41.4 Å². The van der Waals surface area contributed by atoms with Gasteiger partial charge in [0.25, 0.3) is 0 Å². The molecule has 3 rings (SSSR count). The molecule has 3 aromatic rings. The lowest BCUT2D eigenvalue weighted by Gasteiger charge is -2.11. The highest BCUT2D eigenvalue weighted by molar-refractivity contribution is 7.98. The number of nitrogens with one attached hydrogen (secondary N) is 1. The molecule has 2 aromatic carbocycles. The minimum absolute atomic E-state index is 0.259. The Hall–Kier alpha value is -1.82. The molecule has 0 spiro atoms. The third-order valence-electron chi connectivity index (χ3n) is 3.49. The summed E-state index contributed by atoms with van der Waals surface area (Å²) in [6, 6.07) is 9.50. The number of fused-ring (bicyclic) bond motifs is 1. The number of pyridine rings is 1. The highest BCUT2D eigenvalue weighted by Crippen LogP contribution is 2.36. The number of nitrogens with zero attached hydrogens (tertiary/aromatic N) is 1. The van der Waals surface area contributed by atoms with E-state index in [4.69, 9.17) is 28.6 Å². The molecule has 0 aliphatic rings. The molecule has 1 aromatic heterocycles. The van der Waals surface area contributed by atoms with E-state index in [0.29, 0.717) is 31.6 Å². The Morgan fingerprint density at radius 3 is 2.75 bits per heavy atom. The zero-order valence-corrected chi connectivity index (χ0v) is 14.5. The first-order chi connectivity index (χ1) is 11.5. The van der Waals surface area contributed by atoms with Gasteiger partial charge in [0.1, 0.15) is 10.8 Å². The molecule has 7 heteroatoms. The minimum atomic E-state index is -0.409. The van der Waals surface area contributed by atoms with Crippen LogP contribution in [0.5, 0.6) is 5.88 Å². The minimum Gasteiger partial charge on any atom is -0.493 e. The van der Waals surface area contributed by atoms with Gasteiger partial charge in [0.05, 0.1) is 15.6 Å². The fourth-order valence-corrected chi connectivity index (χ4v) is 3.80. The Bertz CT molecular complexity index is 950. The topological polar surface area (TPSA) is 57.0 Å². The second-order valence-electron chi connectivity index (χ2n) is 4.99. The van der Waals surface area contributed by atoms with Crippen molar-refractivity contribution in [3.8, 4) is 5.88 Å². The van der Waals surface area contributed by atoms with E-state index in [1.807, 2.05) is 6.07 Å². The van der Waals surface area contributed by atoms with Crippen molar-refractivity contribution in [1.82, 2.24) is 4.98 Å². The van der Waals surface area contributed by atoms with E-state index in [9.17, 15) is 9.50 Å². The van der Waals surface area contributed by atoms with Gasteiger partial charge in [0.2, 0.25) is 5.88 Å². The van der Waals surface area contributed by atoms with Gasteiger partial charge in [-0.25, -0.2) is 9.37 Å². The molecule has 2 N–H and O–H groups in total. The maximum Gasteiger partial charge on any atom is 0.221 e. The molecule has 0 unspecified atom stereocenters. The monoisotopic (exact) mass is 380 g/mol. The fraction of sp³-hybridized carbons (Fsp3) is 0.0588. The lowest BCUT2D eigenvalue weighted by molar-refractivity contribution is 0.449. The van der Waals surface area contributed by atoms with E-state index in [1.165, 1.54) is 30.0 Å². The van der Waals surface area contributed by atoms with Crippen LogP contribution >= 0.6 is 35.0 Å². The highest BCUT2D eigenvalue weighted by Gasteiger charge is 2.14. The van der Waals surface area contributed by atoms with E-state index >= 15 is 0 Å². The standard InChI is InChI=1S/C17H11Cl2FN2OS/c18-14-3-1-2-9(15(14)19)8-24-17-12-6-10(20)4-5-11(12)13(7-21)16(23)22-17/h1-7,21H,8H2,(H,22,23). The first kappa shape index (κ1) is 17.0. The van der Waals surface area contributed by atoms with Crippen LogP contribution in [0, 0.1) is 11.2 Å². The summed E-state index contributed by atoms with van der Waals surface area (Å²) in [6.07, 6.45) is 1.00. The summed E-state index contributed by atoms with van der Waals surface area (Å²) in [5.41, 5.74) is 1.08. The summed E-state index contributed by atoms with van der Waals surface area (Å²) in [4.78, 5) is 4.10. The van der Waals surface area contributed by atoms with Gasteiger partial charge in [0.15, 0.2) is 0 Å². The molecule has 0 radical (unpaired) electrons. The second-order valence-corrected chi connectivity index (χ2v) is 6.74. The normalized spacial score (nSPS) is 11.0. The molecule has 0 saturated heterocycles. The van der Waals surface area contributed by atoms with Gasteiger partial charge in [-0.05, 0) is 29.1 Å². The number of hydrogen-bond donors (Lipinski definition) is 2. The predicted molar refractivity (Wildman–Crippen MR) is 97.3 cm³/mol. The number of rotatable bonds is 4. The largest absolute Gasteiger partial charge is 0.493 e. The predicted octanol–water partition coefficient (Wildman–Crippen LogP) is 5.68. The summed E-state index contributed by atoms with van der Waals surface area (Å²) in [5.74, 6) is -0.209. The van der Waals surface area contributed by atoms with Gasteiger partial charge in [0, 0.05) is 17.4 Å². The van der Waals surface area contributed by atoms with Crippen molar-refractivity contribution in [2.24, 2.45) is 0 Å². The van der Waals surface area contributed by atoms with Gasteiger partial charge >= 0.3 is 0 Å². The lowest BCUT2D eigenvalue weighted by Crippen LogP contribution is -1.94. The van der Waals surface area contributed by atoms with Crippen molar-refractivity contribution in [3.05, 3.63) is 63.4 Å². The molecule has 0 aliphatic heterocycles. The summed E-state index contributed by atoms with van der Waals surface area (Å²) in [7, 11) is 0. The van der Waals surface area contributed by atoms with Crippen LogP contribution in [0.15, 0.2) is 41.4 Å². The summed E-state index contributed by atoms with van der Waals surface area (Å²) in [5, 5.41) is 19.9. The van der Waals surface area contributed by atoms with Crippen LogP contribution in [0.1, 0.15) is 11.1 Å². The van der Waals surface area contributed by atoms with Crippen molar-refractivity contribution in [2.45, 2.75) is 10.8 Å². The molecule has 0 atom stereocenters. The van der Waals surface area contributed by atoms with Crippen LogP contribution in [0.4, 0.5) is 4.39 Å². The molecule has 1 heterocycles. The van der Waals surface area contributed by atoms with Crippen molar-refractivity contribution in [2.75, 3.05) is 0 Å². The molecule has 0 amide bonds.